The van der Waals surface area contributed by atoms with Crippen molar-refractivity contribution in [2.24, 2.45) is 5.92 Å². The molecule has 1 atom stereocenters. The van der Waals surface area contributed by atoms with E-state index in [0.29, 0.717) is 6.54 Å². The summed E-state index contributed by atoms with van der Waals surface area (Å²) in [5.41, 5.74) is -0.621. The van der Waals surface area contributed by atoms with Crippen LogP contribution in [0.1, 0.15) is 24.2 Å². The van der Waals surface area contributed by atoms with Gasteiger partial charge in [-0.25, -0.2) is 4.39 Å². The van der Waals surface area contributed by atoms with E-state index < -0.39 is 16.6 Å². The Morgan fingerprint density at radius 3 is 2.52 bits per heavy atom. The fourth-order valence-corrected chi connectivity index (χ4v) is 1.86. The highest BCUT2D eigenvalue weighted by atomic mass is 19.1. The van der Waals surface area contributed by atoms with Crippen LogP contribution in [-0.4, -0.2) is 42.4 Å². The summed E-state index contributed by atoms with van der Waals surface area (Å²) < 4.78 is 13.7. The summed E-state index contributed by atoms with van der Waals surface area (Å²) in [4.78, 5) is 24.1. The monoisotopic (exact) mass is 297 g/mol. The molecular formula is C14H20FN3O3. The molecule has 0 fully saturated rings. The Balaban J connectivity index is 2.96. The molecule has 6 nitrogen and oxygen atoms in total. The van der Waals surface area contributed by atoms with E-state index in [0.717, 1.165) is 18.2 Å². The van der Waals surface area contributed by atoms with E-state index >= 15 is 0 Å². The van der Waals surface area contributed by atoms with E-state index in [-0.39, 0.29) is 23.2 Å². The summed E-state index contributed by atoms with van der Waals surface area (Å²) in [5.74, 6) is -1.26. The van der Waals surface area contributed by atoms with E-state index in [1.165, 1.54) is 0 Å². The molecule has 0 saturated carbocycles. The number of benzene rings is 1. The van der Waals surface area contributed by atoms with Gasteiger partial charge in [-0.15, -0.1) is 0 Å². The van der Waals surface area contributed by atoms with Crippen LogP contribution < -0.4 is 5.32 Å². The van der Waals surface area contributed by atoms with Gasteiger partial charge in [-0.1, -0.05) is 13.8 Å². The lowest BCUT2D eigenvalue weighted by atomic mass is 10.0. The van der Waals surface area contributed by atoms with Crippen LogP contribution in [0.2, 0.25) is 0 Å². The number of amides is 1. The number of nitro benzene ring substituents is 1. The second-order valence-corrected chi connectivity index (χ2v) is 5.51. The molecule has 0 saturated heterocycles. The molecule has 1 aromatic rings. The smallest absolute Gasteiger partial charge is 0.270 e. The first-order valence-electron chi connectivity index (χ1n) is 6.62. The van der Waals surface area contributed by atoms with Gasteiger partial charge in [0.15, 0.2) is 0 Å². The van der Waals surface area contributed by atoms with E-state index in [1.807, 2.05) is 32.8 Å². The minimum Gasteiger partial charge on any atom is -0.348 e. The summed E-state index contributed by atoms with van der Waals surface area (Å²) in [6.07, 6.45) is 0. The molecule has 1 N–H and O–H groups in total. The molecule has 116 valence electrons. The van der Waals surface area contributed by atoms with Gasteiger partial charge in [0.05, 0.1) is 10.5 Å². The van der Waals surface area contributed by atoms with Crippen molar-refractivity contribution in [3.05, 3.63) is 39.7 Å². The van der Waals surface area contributed by atoms with Crippen LogP contribution in [0, 0.1) is 21.8 Å². The lowest BCUT2D eigenvalue weighted by molar-refractivity contribution is -0.384. The number of nitrogens with zero attached hydrogens (tertiary/aromatic N) is 2. The highest BCUT2D eigenvalue weighted by Crippen LogP contribution is 2.17. The highest BCUT2D eigenvalue weighted by molar-refractivity contribution is 5.95. The third-order valence-electron chi connectivity index (χ3n) is 3.09. The first-order valence-corrected chi connectivity index (χ1v) is 6.62. The third kappa shape index (κ3) is 4.78. The number of likely N-dealkylation sites (N-methyl/N-ethyl adjacent to an activating group) is 1. The largest absolute Gasteiger partial charge is 0.348 e. The van der Waals surface area contributed by atoms with Crippen molar-refractivity contribution < 1.29 is 14.1 Å². The highest BCUT2D eigenvalue weighted by Gasteiger charge is 2.22. The molecule has 1 rings (SSSR count). The van der Waals surface area contributed by atoms with Gasteiger partial charge in [0.25, 0.3) is 11.6 Å². The standard InChI is InChI=1S/C14H20FN3O3/c1-9(2)13(8-17(3)4)16-14(19)11-7-10(18(20)21)5-6-12(11)15/h5-7,9,13H,8H2,1-4H3,(H,16,19). The number of non-ortho nitro benzene ring substituents is 1. The number of carbonyl (C=O) groups is 1. The second-order valence-electron chi connectivity index (χ2n) is 5.51. The molecule has 0 aliphatic carbocycles. The summed E-state index contributed by atoms with van der Waals surface area (Å²) in [6.45, 7) is 4.48. The molecule has 1 amide bonds. The SMILES string of the molecule is CC(C)C(CN(C)C)NC(=O)c1cc([N+](=O)[O-])ccc1F. The van der Waals surface area contributed by atoms with Gasteiger partial charge in [-0.3, -0.25) is 14.9 Å². The molecular weight excluding hydrogens is 277 g/mol. The molecule has 0 aromatic heterocycles. The predicted octanol–water partition coefficient (Wildman–Crippen LogP) is 2.05. The Hall–Kier alpha value is -2.02. The van der Waals surface area contributed by atoms with Crippen molar-refractivity contribution in [2.75, 3.05) is 20.6 Å². The van der Waals surface area contributed by atoms with Gasteiger partial charge in [0.2, 0.25) is 0 Å². The number of hydrogen-bond acceptors (Lipinski definition) is 4. The molecule has 0 bridgehead atoms. The van der Waals surface area contributed by atoms with E-state index in [9.17, 15) is 19.3 Å². The first kappa shape index (κ1) is 17.0. The van der Waals surface area contributed by atoms with Crippen LogP contribution in [0.15, 0.2) is 18.2 Å². The number of nitro groups is 1. The van der Waals surface area contributed by atoms with Crippen LogP contribution >= 0.6 is 0 Å². The molecule has 1 aromatic carbocycles. The summed E-state index contributed by atoms with van der Waals surface area (Å²) in [6, 6.07) is 2.75. The topological polar surface area (TPSA) is 75.5 Å². The van der Waals surface area contributed by atoms with Crippen molar-refractivity contribution in [1.29, 1.82) is 0 Å². The predicted molar refractivity (Wildman–Crippen MR) is 77.7 cm³/mol. The van der Waals surface area contributed by atoms with E-state index in [1.54, 1.807) is 0 Å². The first-order chi connectivity index (χ1) is 9.72. The van der Waals surface area contributed by atoms with Crippen LogP contribution in [0.25, 0.3) is 0 Å². The number of carbonyl (C=O) groups excluding carboxylic acids is 1. The van der Waals surface area contributed by atoms with Crippen LogP contribution in [-0.2, 0) is 0 Å². The molecule has 0 radical (unpaired) electrons. The molecule has 0 heterocycles. The number of hydrogen-bond donors (Lipinski definition) is 1. The van der Waals surface area contributed by atoms with Gasteiger partial charge < -0.3 is 10.2 Å². The van der Waals surface area contributed by atoms with Crippen molar-refractivity contribution in [3.8, 4) is 0 Å². The van der Waals surface area contributed by atoms with E-state index in [4.69, 9.17) is 0 Å². The zero-order valence-corrected chi connectivity index (χ0v) is 12.6. The second kappa shape index (κ2) is 7.12. The van der Waals surface area contributed by atoms with Crippen molar-refractivity contribution in [2.45, 2.75) is 19.9 Å². The molecule has 0 aliphatic rings. The van der Waals surface area contributed by atoms with Gasteiger partial charge in [0, 0.05) is 24.7 Å². The zero-order valence-electron chi connectivity index (χ0n) is 12.6. The van der Waals surface area contributed by atoms with Gasteiger partial charge in [-0.05, 0) is 26.1 Å². The summed E-state index contributed by atoms with van der Waals surface area (Å²) >= 11 is 0. The van der Waals surface area contributed by atoms with Crippen molar-refractivity contribution >= 4 is 11.6 Å². The van der Waals surface area contributed by atoms with Crippen molar-refractivity contribution in [1.82, 2.24) is 10.2 Å². The van der Waals surface area contributed by atoms with Crippen molar-refractivity contribution in [3.63, 3.8) is 0 Å². The average Bonchev–Trinajstić information content (AvgIpc) is 2.37. The Kier molecular flexibility index (Phi) is 5.78. The fourth-order valence-electron chi connectivity index (χ4n) is 1.86. The lowest BCUT2D eigenvalue weighted by Crippen LogP contribution is -2.45. The molecule has 1 unspecified atom stereocenters. The molecule has 21 heavy (non-hydrogen) atoms. The maximum absolute atomic E-state index is 13.7. The van der Waals surface area contributed by atoms with Gasteiger partial charge in [0.1, 0.15) is 5.82 Å². The van der Waals surface area contributed by atoms with Gasteiger partial charge in [-0.2, -0.15) is 0 Å². The van der Waals surface area contributed by atoms with E-state index in [2.05, 4.69) is 5.32 Å². The number of nitrogens with one attached hydrogen (secondary N) is 1. The number of rotatable bonds is 6. The minimum atomic E-state index is -0.773. The third-order valence-corrected chi connectivity index (χ3v) is 3.09. The maximum atomic E-state index is 13.7. The Bertz CT molecular complexity index is 532. The van der Waals surface area contributed by atoms with Gasteiger partial charge >= 0.3 is 0 Å². The summed E-state index contributed by atoms with van der Waals surface area (Å²) in [5, 5.41) is 13.4. The van der Waals surface area contributed by atoms with Crippen LogP contribution in [0.5, 0.6) is 0 Å². The average molecular weight is 297 g/mol. The Morgan fingerprint density at radius 2 is 2.05 bits per heavy atom. The lowest BCUT2D eigenvalue weighted by Gasteiger charge is -2.25. The maximum Gasteiger partial charge on any atom is 0.270 e. The molecule has 0 aliphatic heterocycles. The molecule has 0 spiro atoms. The number of halogens is 1. The van der Waals surface area contributed by atoms with Crippen LogP contribution in [0.3, 0.4) is 0 Å². The molecule has 7 heteroatoms. The quantitative estimate of drug-likeness (QED) is 0.644. The normalized spacial score (nSPS) is 12.5. The summed E-state index contributed by atoms with van der Waals surface area (Å²) in [7, 11) is 3.74. The Labute approximate surface area is 123 Å². The zero-order chi connectivity index (χ0) is 16.2. The minimum absolute atomic E-state index is 0.151. The Morgan fingerprint density at radius 1 is 1.43 bits per heavy atom. The fraction of sp³-hybridized carbons (Fsp3) is 0.500. The van der Waals surface area contributed by atoms with Crippen LogP contribution in [0.4, 0.5) is 10.1 Å².